The second-order valence-corrected chi connectivity index (χ2v) is 5.32. The number of carbonyl (C=O) groups is 2. The van der Waals surface area contributed by atoms with Crippen molar-refractivity contribution in [3.8, 4) is 23.0 Å². The summed E-state index contributed by atoms with van der Waals surface area (Å²) in [4.78, 5) is 23.0. The molecule has 0 bridgehead atoms. The number of ether oxygens (including phenoxy) is 1. The molecule has 0 aromatic heterocycles. The molecule has 0 aliphatic carbocycles. The van der Waals surface area contributed by atoms with E-state index in [9.17, 15) is 9.59 Å². The summed E-state index contributed by atoms with van der Waals surface area (Å²) >= 11 is 11.9. The van der Waals surface area contributed by atoms with Gasteiger partial charge >= 0.3 is 5.97 Å². The van der Waals surface area contributed by atoms with Gasteiger partial charge in [-0.3, -0.25) is 4.79 Å². The summed E-state index contributed by atoms with van der Waals surface area (Å²) in [6.45, 7) is 1.89. The van der Waals surface area contributed by atoms with Crippen LogP contribution in [-0.2, 0) is 9.53 Å². The van der Waals surface area contributed by atoms with Crippen LogP contribution in [0.15, 0.2) is 42.5 Å². The van der Waals surface area contributed by atoms with Gasteiger partial charge in [0.05, 0.1) is 16.7 Å². The van der Waals surface area contributed by atoms with Gasteiger partial charge in [-0.1, -0.05) is 41.4 Å². The molecule has 0 saturated carbocycles. The fourth-order valence-corrected chi connectivity index (χ4v) is 2.13. The number of Topliss-reactive ketones (excluding diaryl/α,β-unsaturated/α-hetero) is 1. The molecule has 0 saturated heterocycles. The number of hydrogen-bond acceptors (Lipinski definition) is 3. The lowest BCUT2D eigenvalue weighted by Gasteiger charge is -2.04. The molecule has 2 rings (SSSR count). The SMILES string of the molecule is CCOC(=O)C#CC(=O)c1ccc(-c2ccc(Cl)c(Cl)c2)cc1. The molecule has 23 heavy (non-hydrogen) atoms. The molecule has 0 unspecified atom stereocenters. The molecule has 0 heterocycles. The van der Waals surface area contributed by atoms with Crippen LogP contribution < -0.4 is 0 Å². The Hall–Kier alpha value is -2.28. The van der Waals surface area contributed by atoms with Crippen LogP contribution in [0.2, 0.25) is 10.0 Å². The quantitative estimate of drug-likeness (QED) is 0.272. The van der Waals surface area contributed by atoms with Crippen molar-refractivity contribution < 1.29 is 14.3 Å². The van der Waals surface area contributed by atoms with Gasteiger partial charge in [-0.25, -0.2) is 4.79 Å². The van der Waals surface area contributed by atoms with E-state index in [2.05, 4.69) is 16.6 Å². The van der Waals surface area contributed by atoms with E-state index >= 15 is 0 Å². The Morgan fingerprint density at radius 3 is 2.22 bits per heavy atom. The molecule has 0 N–H and O–H groups in total. The molecule has 2 aromatic rings. The van der Waals surface area contributed by atoms with E-state index in [1.165, 1.54) is 0 Å². The Morgan fingerprint density at radius 2 is 1.61 bits per heavy atom. The molecule has 0 aliphatic heterocycles. The van der Waals surface area contributed by atoms with Crippen molar-refractivity contribution in [1.82, 2.24) is 0 Å². The number of ketones is 1. The minimum Gasteiger partial charge on any atom is -0.456 e. The van der Waals surface area contributed by atoms with Crippen LogP contribution in [0.3, 0.4) is 0 Å². The van der Waals surface area contributed by atoms with E-state index in [1.54, 1.807) is 43.3 Å². The molecule has 5 heteroatoms. The molecule has 0 radical (unpaired) electrons. The maximum Gasteiger partial charge on any atom is 0.384 e. The van der Waals surface area contributed by atoms with Gasteiger partial charge in [0.15, 0.2) is 0 Å². The molecule has 3 nitrogen and oxygen atoms in total. The Labute approximate surface area is 144 Å². The van der Waals surface area contributed by atoms with Gasteiger partial charge in [0, 0.05) is 11.5 Å². The summed E-state index contributed by atoms with van der Waals surface area (Å²) in [5.41, 5.74) is 2.17. The normalized spacial score (nSPS) is 9.70. The van der Waals surface area contributed by atoms with Crippen molar-refractivity contribution in [2.24, 2.45) is 0 Å². The van der Waals surface area contributed by atoms with Gasteiger partial charge < -0.3 is 4.74 Å². The lowest BCUT2D eigenvalue weighted by Crippen LogP contribution is -2.02. The molecular weight excluding hydrogens is 335 g/mol. The largest absolute Gasteiger partial charge is 0.456 e. The van der Waals surface area contributed by atoms with Crippen LogP contribution in [0.25, 0.3) is 11.1 Å². The van der Waals surface area contributed by atoms with Gasteiger partial charge in [-0.2, -0.15) is 0 Å². The second kappa shape index (κ2) is 7.82. The minimum absolute atomic E-state index is 0.222. The fraction of sp³-hybridized carbons (Fsp3) is 0.111. The highest BCUT2D eigenvalue weighted by molar-refractivity contribution is 6.42. The van der Waals surface area contributed by atoms with Gasteiger partial charge in [-0.05, 0) is 48.2 Å². The second-order valence-electron chi connectivity index (χ2n) is 4.51. The summed E-state index contributed by atoms with van der Waals surface area (Å²) in [7, 11) is 0. The van der Waals surface area contributed by atoms with E-state index in [0.29, 0.717) is 15.6 Å². The van der Waals surface area contributed by atoms with Gasteiger partial charge in [0.25, 0.3) is 0 Å². The van der Waals surface area contributed by atoms with Crippen molar-refractivity contribution in [2.75, 3.05) is 6.61 Å². The van der Waals surface area contributed by atoms with Crippen molar-refractivity contribution in [3.63, 3.8) is 0 Å². The Bertz CT molecular complexity index is 799. The molecular formula is C18H12Cl2O3. The molecule has 2 aromatic carbocycles. The van der Waals surface area contributed by atoms with Crippen LogP contribution >= 0.6 is 23.2 Å². The smallest absolute Gasteiger partial charge is 0.384 e. The monoisotopic (exact) mass is 346 g/mol. The zero-order chi connectivity index (χ0) is 16.8. The summed E-state index contributed by atoms with van der Waals surface area (Å²) in [5, 5.41) is 0.945. The first-order valence-electron chi connectivity index (χ1n) is 6.80. The molecule has 0 fully saturated rings. The van der Waals surface area contributed by atoms with Gasteiger partial charge in [0.2, 0.25) is 5.78 Å². The van der Waals surface area contributed by atoms with Crippen LogP contribution in [0, 0.1) is 11.8 Å². The molecule has 0 amide bonds. The molecule has 0 spiro atoms. The number of esters is 1. The predicted octanol–water partition coefficient (Wildman–Crippen LogP) is 4.41. The van der Waals surface area contributed by atoms with Crippen LogP contribution in [0.4, 0.5) is 0 Å². The summed E-state index contributed by atoms with van der Waals surface area (Å²) in [6.07, 6.45) is 0. The average molecular weight is 347 g/mol. The summed E-state index contributed by atoms with van der Waals surface area (Å²) in [5.74, 6) is 3.25. The van der Waals surface area contributed by atoms with Crippen LogP contribution in [-0.4, -0.2) is 18.4 Å². The molecule has 0 aliphatic rings. The number of halogens is 2. The van der Waals surface area contributed by atoms with Crippen molar-refractivity contribution >= 4 is 35.0 Å². The van der Waals surface area contributed by atoms with Crippen molar-refractivity contribution in [2.45, 2.75) is 6.92 Å². The highest BCUT2D eigenvalue weighted by Gasteiger charge is 2.06. The predicted molar refractivity (Wildman–Crippen MR) is 90.6 cm³/mol. The fourth-order valence-electron chi connectivity index (χ4n) is 1.84. The third kappa shape index (κ3) is 4.59. The topological polar surface area (TPSA) is 43.4 Å². The Balaban J connectivity index is 2.17. The van der Waals surface area contributed by atoms with Gasteiger partial charge in [0.1, 0.15) is 0 Å². The first kappa shape index (κ1) is 17.1. The molecule has 116 valence electrons. The lowest BCUT2D eigenvalue weighted by atomic mass is 10.0. The number of hydrogen-bond donors (Lipinski definition) is 0. The van der Waals surface area contributed by atoms with Crippen molar-refractivity contribution in [3.05, 3.63) is 58.1 Å². The standard InChI is InChI=1S/C18H12Cl2O3/c1-2-23-18(22)10-9-17(21)13-5-3-12(4-6-13)14-7-8-15(19)16(20)11-14/h3-8,11H,2H2,1H3. The van der Waals surface area contributed by atoms with Crippen LogP contribution in [0.5, 0.6) is 0 Å². The van der Waals surface area contributed by atoms with E-state index in [0.717, 1.165) is 11.1 Å². The van der Waals surface area contributed by atoms with E-state index < -0.39 is 11.8 Å². The number of carbonyl (C=O) groups excluding carboxylic acids is 2. The summed E-state index contributed by atoms with van der Waals surface area (Å²) in [6, 6.07) is 12.1. The maximum absolute atomic E-state index is 11.9. The average Bonchev–Trinajstić information content (AvgIpc) is 2.55. The zero-order valence-corrected chi connectivity index (χ0v) is 13.7. The summed E-state index contributed by atoms with van der Waals surface area (Å²) < 4.78 is 4.64. The lowest BCUT2D eigenvalue weighted by molar-refractivity contribution is -0.136. The third-order valence-electron chi connectivity index (χ3n) is 2.95. The number of benzene rings is 2. The van der Waals surface area contributed by atoms with Crippen LogP contribution in [0.1, 0.15) is 17.3 Å². The number of rotatable bonds is 3. The maximum atomic E-state index is 11.9. The van der Waals surface area contributed by atoms with E-state index in [1.807, 2.05) is 6.07 Å². The minimum atomic E-state index is -0.715. The zero-order valence-electron chi connectivity index (χ0n) is 12.2. The highest BCUT2D eigenvalue weighted by atomic mass is 35.5. The van der Waals surface area contributed by atoms with E-state index in [-0.39, 0.29) is 6.61 Å². The first-order chi connectivity index (χ1) is 11.0. The molecule has 0 atom stereocenters. The Kier molecular flexibility index (Phi) is 5.81. The first-order valence-corrected chi connectivity index (χ1v) is 7.55. The van der Waals surface area contributed by atoms with Crippen molar-refractivity contribution in [1.29, 1.82) is 0 Å². The Morgan fingerprint density at radius 1 is 0.957 bits per heavy atom. The third-order valence-corrected chi connectivity index (χ3v) is 3.69. The van der Waals surface area contributed by atoms with E-state index in [4.69, 9.17) is 23.2 Å². The van der Waals surface area contributed by atoms with Gasteiger partial charge in [-0.15, -0.1) is 0 Å². The highest BCUT2D eigenvalue weighted by Crippen LogP contribution is 2.28.